The number of hydrogen-bond donors (Lipinski definition) is 2. The number of thiazole rings is 1. The van der Waals surface area contributed by atoms with Gasteiger partial charge in [-0.2, -0.15) is 0 Å². The van der Waals surface area contributed by atoms with Gasteiger partial charge in [0.15, 0.2) is 5.13 Å². The average Bonchev–Trinajstić information content (AvgIpc) is 3.11. The summed E-state index contributed by atoms with van der Waals surface area (Å²) in [6, 6.07) is 0.685. The van der Waals surface area contributed by atoms with Gasteiger partial charge >= 0.3 is 0 Å². The molecule has 2 N–H and O–H groups in total. The summed E-state index contributed by atoms with van der Waals surface area (Å²) in [6.45, 7) is 3.61. The molecule has 0 spiro atoms. The second-order valence-electron chi connectivity index (χ2n) is 4.96. The van der Waals surface area contributed by atoms with Crippen LogP contribution < -0.4 is 5.32 Å². The molecule has 0 radical (unpaired) electrons. The summed E-state index contributed by atoms with van der Waals surface area (Å²) in [5.74, 6) is -0.0807. The van der Waals surface area contributed by atoms with Crippen molar-refractivity contribution in [1.29, 1.82) is 0 Å². The van der Waals surface area contributed by atoms with Crippen molar-refractivity contribution in [3.63, 3.8) is 0 Å². The average molecular weight is 283 g/mol. The van der Waals surface area contributed by atoms with Crippen LogP contribution in [0, 0.1) is 0 Å². The molecule has 5 nitrogen and oxygen atoms in total. The molecule has 1 heterocycles. The maximum Gasteiger partial charge on any atom is 0.223 e. The lowest BCUT2D eigenvalue weighted by Gasteiger charge is -2.20. The number of nitrogens with zero attached hydrogens (tertiary/aromatic N) is 2. The van der Waals surface area contributed by atoms with E-state index >= 15 is 0 Å². The smallest absolute Gasteiger partial charge is 0.223 e. The fourth-order valence-corrected chi connectivity index (χ4v) is 2.80. The maximum atomic E-state index is 11.0. The van der Waals surface area contributed by atoms with Crippen LogP contribution in [0.5, 0.6) is 0 Å². The summed E-state index contributed by atoms with van der Waals surface area (Å²) in [4.78, 5) is 17.8. The van der Waals surface area contributed by atoms with E-state index in [0.717, 1.165) is 31.6 Å². The van der Waals surface area contributed by atoms with E-state index < -0.39 is 0 Å². The largest absolute Gasteiger partial charge is 0.396 e. The number of nitrogens with one attached hydrogen (secondary N) is 1. The SMILES string of the molecule is CC(=O)Nc1nc(CN(CCCCO)C2CC2)cs1. The van der Waals surface area contributed by atoms with E-state index in [1.807, 2.05) is 5.38 Å². The van der Waals surface area contributed by atoms with Gasteiger partial charge in [0.1, 0.15) is 0 Å². The van der Waals surface area contributed by atoms with Crippen LogP contribution in [0.4, 0.5) is 5.13 Å². The zero-order valence-corrected chi connectivity index (χ0v) is 12.1. The van der Waals surface area contributed by atoms with Gasteiger partial charge in [-0.05, 0) is 32.2 Å². The molecule has 1 saturated carbocycles. The zero-order chi connectivity index (χ0) is 13.7. The van der Waals surface area contributed by atoms with Crippen LogP contribution >= 0.6 is 11.3 Å². The topological polar surface area (TPSA) is 65.5 Å². The minimum atomic E-state index is -0.0807. The number of hydrogen-bond acceptors (Lipinski definition) is 5. The molecule has 1 aromatic heterocycles. The molecule has 2 rings (SSSR count). The number of amides is 1. The number of unbranched alkanes of at least 4 members (excludes halogenated alkanes) is 1. The maximum absolute atomic E-state index is 11.0. The number of aromatic nitrogens is 1. The van der Waals surface area contributed by atoms with E-state index in [-0.39, 0.29) is 12.5 Å². The first-order valence-electron chi connectivity index (χ1n) is 6.76. The van der Waals surface area contributed by atoms with Crippen LogP contribution in [0.25, 0.3) is 0 Å². The number of carbonyl (C=O) groups excluding carboxylic acids is 1. The molecule has 0 aromatic carbocycles. The van der Waals surface area contributed by atoms with Gasteiger partial charge in [-0.25, -0.2) is 4.98 Å². The quantitative estimate of drug-likeness (QED) is 0.715. The highest BCUT2D eigenvalue weighted by molar-refractivity contribution is 7.13. The molecule has 0 bridgehead atoms. The Balaban J connectivity index is 1.85. The third-order valence-electron chi connectivity index (χ3n) is 3.12. The van der Waals surface area contributed by atoms with Gasteiger partial charge in [-0.3, -0.25) is 9.69 Å². The first-order chi connectivity index (χ1) is 9.19. The van der Waals surface area contributed by atoms with Crippen LogP contribution in [0.3, 0.4) is 0 Å². The highest BCUT2D eigenvalue weighted by atomic mass is 32.1. The van der Waals surface area contributed by atoms with Gasteiger partial charge in [-0.15, -0.1) is 11.3 Å². The monoisotopic (exact) mass is 283 g/mol. The van der Waals surface area contributed by atoms with Gasteiger partial charge in [0.05, 0.1) is 5.69 Å². The summed E-state index contributed by atoms with van der Waals surface area (Å²) in [6.07, 6.45) is 4.41. The van der Waals surface area contributed by atoms with Crippen LogP contribution in [-0.4, -0.2) is 40.1 Å². The van der Waals surface area contributed by atoms with E-state index in [1.54, 1.807) is 0 Å². The van der Waals surface area contributed by atoms with Gasteiger partial charge in [0.2, 0.25) is 5.91 Å². The molecule has 1 aliphatic carbocycles. The summed E-state index contributed by atoms with van der Waals surface area (Å²) in [7, 11) is 0. The Morgan fingerprint density at radius 3 is 3.00 bits per heavy atom. The Labute approximate surface area is 117 Å². The second-order valence-corrected chi connectivity index (χ2v) is 5.82. The standard InChI is InChI=1S/C13H21N3O2S/c1-10(18)14-13-15-11(9-19-13)8-16(12-4-5-12)6-2-3-7-17/h9,12,17H,2-8H2,1H3,(H,14,15,18). The van der Waals surface area contributed by atoms with Crippen LogP contribution in [0.15, 0.2) is 5.38 Å². The summed E-state index contributed by atoms with van der Waals surface area (Å²) < 4.78 is 0. The fraction of sp³-hybridized carbons (Fsp3) is 0.692. The van der Waals surface area contributed by atoms with Gasteiger partial charge in [0.25, 0.3) is 0 Å². The molecule has 1 amide bonds. The van der Waals surface area contributed by atoms with E-state index in [1.165, 1.54) is 31.1 Å². The molecule has 1 aromatic rings. The first-order valence-corrected chi connectivity index (χ1v) is 7.64. The highest BCUT2D eigenvalue weighted by Gasteiger charge is 2.28. The molecule has 0 unspecified atom stereocenters. The Hall–Kier alpha value is -0.980. The Morgan fingerprint density at radius 2 is 2.37 bits per heavy atom. The minimum absolute atomic E-state index is 0.0807. The van der Waals surface area contributed by atoms with Crippen molar-refractivity contribution in [2.75, 3.05) is 18.5 Å². The number of aliphatic hydroxyl groups excluding tert-OH is 1. The van der Waals surface area contributed by atoms with Crippen molar-refractivity contribution in [2.24, 2.45) is 0 Å². The van der Waals surface area contributed by atoms with E-state index in [2.05, 4.69) is 15.2 Å². The summed E-state index contributed by atoms with van der Waals surface area (Å²) in [5, 5.41) is 14.2. The lowest BCUT2D eigenvalue weighted by atomic mass is 10.3. The Morgan fingerprint density at radius 1 is 1.58 bits per heavy atom. The van der Waals surface area contributed by atoms with Gasteiger partial charge in [0, 0.05) is 31.5 Å². The number of anilines is 1. The normalized spacial score (nSPS) is 14.9. The van der Waals surface area contributed by atoms with Crippen molar-refractivity contribution in [3.8, 4) is 0 Å². The zero-order valence-electron chi connectivity index (χ0n) is 11.3. The molecule has 0 saturated heterocycles. The van der Waals surface area contributed by atoms with Crippen molar-refractivity contribution in [1.82, 2.24) is 9.88 Å². The van der Waals surface area contributed by atoms with Crippen molar-refractivity contribution in [3.05, 3.63) is 11.1 Å². The van der Waals surface area contributed by atoms with Gasteiger partial charge in [-0.1, -0.05) is 0 Å². The highest BCUT2D eigenvalue weighted by Crippen LogP contribution is 2.29. The molecule has 6 heteroatoms. The van der Waals surface area contributed by atoms with Crippen LogP contribution in [0.1, 0.15) is 38.3 Å². The third kappa shape index (κ3) is 4.89. The third-order valence-corrected chi connectivity index (χ3v) is 3.92. The lowest BCUT2D eigenvalue weighted by Crippen LogP contribution is -2.27. The Bertz CT molecular complexity index is 418. The van der Waals surface area contributed by atoms with E-state index in [0.29, 0.717) is 11.2 Å². The molecular formula is C13H21N3O2S. The van der Waals surface area contributed by atoms with Crippen molar-refractivity contribution >= 4 is 22.4 Å². The fourth-order valence-electron chi connectivity index (χ4n) is 2.05. The Kier molecular flexibility index (Phi) is 5.30. The molecule has 1 fully saturated rings. The van der Waals surface area contributed by atoms with Gasteiger partial charge < -0.3 is 10.4 Å². The van der Waals surface area contributed by atoms with Crippen molar-refractivity contribution < 1.29 is 9.90 Å². The molecular weight excluding hydrogens is 262 g/mol. The van der Waals surface area contributed by atoms with Crippen LogP contribution in [0.2, 0.25) is 0 Å². The number of rotatable bonds is 8. The molecule has 19 heavy (non-hydrogen) atoms. The summed E-state index contributed by atoms with van der Waals surface area (Å²) >= 11 is 1.47. The predicted molar refractivity (Wildman–Crippen MR) is 76.2 cm³/mol. The summed E-state index contributed by atoms with van der Waals surface area (Å²) in [5.41, 5.74) is 1.02. The first kappa shape index (κ1) is 14.4. The van der Waals surface area contributed by atoms with Crippen LogP contribution in [-0.2, 0) is 11.3 Å². The van der Waals surface area contributed by atoms with E-state index in [4.69, 9.17) is 5.11 Å². The molecule has 106 valence electrons. The minimum Gasteiger partial charge on any atom is -0.396 e. The lowest BCUT2D eigenvalue weighted by molar-refractivity contribution is -0.114. The number of carbonyl (C=O) groups is 1. The van der Waals surface area contributed by atoms with E-state index in [9.17, 15) is 4.79 Å². The van der Waals surface area contributed by atoms with Crippen molar-refractivity contribution in [2.45, 2.75) is 45.2 Å². The second kappa shape index (κ2) is 6.98. The molecule has 0 aliphatic heterocycles. The molecule has 0 atom stereocenters. The number of aliphatic hydroxyl groups is 1. The molecule has 1 aliphatic rings. The predicted octanol–water partition coefficient (Wildman–Crippen LogP) is 1.84.